The fourth-order valence-electron chi connectivity index (χ4n) is 5.01. The lowest BCUT2D eigenvalue weighted by Crippen LogP contribution is -2.49. The number of halogens is 3. The van der Waals surface area contributed by atoms with Gasteiger partial charge in [0.15, 0.2) is 6.04 Å². The molecule has 0 spiro atoms. The Balaban J connectivity index is 1.38. The van der Waals surface area contributed by atoms with E-state index in [0.717, 1.165) is 16.1 Å². The predicted octanol–water partition coefficient (Wildman–Crippen LogP) is 4.52. The first-order valence-electron chi connectivity index (χ1n) is 12.0. The lowest BCUT2D eigenvalue weighted by atomic mass is 9.96. The average molecular weight is 516 g/mol. The number of nitrogens with zero attached hydrogens (tertiary/aromatic N) is 4. The monoisotopic (exact) mass is 515 g/mol. The van der Waals surface area contributed by atoms with E-state index in [1.807, 2.05) is 24.3 Å². The fraction of sp³-hybridized carbons (Fsp3) is 0.385. The summed E-state index contributed by atoms with van der Waals surface area (Å²) in [5.41, 5.74) is 1.72. The van der Waals surface area contributed by atoms with E-state index in [4.69, 9.17) is 9.47 Å². The molecule has 0 saturated carbocycles. The van der Waals surface area contributed by atoms with Crippen LogP contribution in [0.4, 0.5) is 24.7 Å². The Bertz CT molecular complexity index is 1270. The van der Waals surface area contributed by atoms with Crippen LogP contribution in [-0.4, -0.2) is 67.2 Å². The van der Waals surface area contributed by atoms with Gasteiger partial charge in [0, 0.05) is 32.6 Å². The average Bonchev–Trinajstić information content (AvgIpc) is 3.35. The van der Waals surface area contributed by atoms with Gasteiger partial charge in [-0.3, -0.25) is 4.79 Å². The molecule has 0 radical (unpaired) electrons. The second kappa shape index (κ2) is 9.87. The highest BCUT2D eigenvalue weighted by molar-refractivity contribution is 5.99. The summed E-state index contributed by atoms with van der Waals surface area (Å²) in [6.45, 7) is 1.98. The number of hydrogen-bond acceptors (Lipinski definition) is 6. The minimum atomic E-state index is -4.53. The minimum Gasteiger partial charge on any atom is -0.497 e. The lowest BCUT2D eigenvalue weighted by molar-refractivity contribution is -0.173. The number of carbonyl (C=O) groups excluding carboxylic acids is 1. The van der Waals surface area contributed by atoms with Crippen LogP contribution < -0.4 is 19.7 Å². The van der Waals surface area contributed by atoms with E-state index in [-0.39, 0.29) is 23.7 Å². The quantitative estimate of drug-likeness (QED) is 0.539. The van der Waals surface area contributed by atoms with Gasteiger partial charge in [-0.1, -0.05) is 24.3 Å². The van der Waals surface area contributed by atoms with Crippen LogP contribution in [-0.2, 0) is 0 Å². The molecule has 0 unspecified atom stereocenters. The maximum Gasteiger partial charge on any atom is 0.410 e. The molecule has 2 aliphatic rings. The first-order valence-corrected chi connectivity index (χ1v) is 12.0. The van der Waals surface area contributed by atoms with Crippen LogP contribution in [0.25, 0.3) is 0 Å². The molecule has 2 aromatic carbocycles. The summed E-state index contributed by atoms with van der Waals surface area (Å²) in [6.07, 6.45) is -3.54. The number of methoxy groups -OCH3 is 2. The van der Waals surface area contributed by atoms with Gasteiger partial charge in [-0.05, 0) is 29.8 Å². The van der Waals surface area contributed by atoms with Crippen molar-refractivity contribution in [2.45, 2.75) is 24.7 Å². The van der Waals surface area contributed by atoms with E-state index in [9.17, 15) is 18.0 Å². The maximum absolute atomic E-state index is 14.1. The number of amides is 1. The zero-order chi connectivity index (χ0) is 26.2. The van der Waals surface area contributed by atoms with Crippen LogP contribution in [0.3, 0.4) is 0 Å². The van der Waals surface area contributed by atoms with Crippen LogP contribution >= 0.6 is 0 Å². The molecule has 1 N–H and O–H groups in total. The molecule has 37 heavy (non-hydrogen) atoms. The van der Waals surface area contributed by atoms with Gasteiger partial charge in [-0.2, -0.15) is 18.3 Å². The lowest BCUT2D eigenvalue weighted by Gasteiger charge is -2.37. The smallest absolute Gasteiger partial charge is 0.410 e. The summed E-state index contributed by atoms with van der Waals surface area (Å²) in [4.78, 5) is 17.3. The molecule has 3 heterocycles. The Kier molecular flexibility index (Phi) is 6.61. The molecule has 1 aromatic heterocycles. The third kappa shape index (κ3) is 4.77. The highest BCUT2D eigenvalue weighted by Crippen LogP contribution is 2.45. The molecular formula is C26H28F3N5O3. The predicted molar refractivity (Wildman–Crippen MR) is 132 cm³/mol. The molecule has 1 fully saturated rings. The Morgan fingerprint density at radius 3 is 2.49 bits per heavy atom. The largest absolute Gasteiger partial charge is 0.497 e. The number of ether oxygens (including phenoxy) is 2. The van der Waals surface area contributed by atoms with Crippen molar-refractivity contribution in [3.63, 3.8) is 0 Å². The number of piperazine rings is 1. The summed E-state index contributed by atoms with van der Waals surface area (Å²) in [5.74, 6) is 1.03. The van der Waals surface area contributed by atoms with E-state index >= 15 is 0 Å². The van der Waals surface area contributed by atoms with Crippen LogP contribution in [0.2, 0.25) is 0 Å². The molecule has 2 atom stereocenters. The molecule has 2 aliphatic heterocycles. The van der Waals surface area contributed by atoms with Gasteiger partial charge >= 0.3 is 6.18 Å². The van der Waals surface area contributed by atoms with Crippen LogP contribution in [0, 0.1) is 0 Å². The molecule has 0 aliphatic carbocycles. The van der Waals surface area contributed by atoms with Crippen molar-refractivity contribution in [3.8, 4) is 11.5 Å². The first-order chi connectivity index (χ1) is 17.8. The second-order valence-electron chi connectivity index (χ2n) is 9.07. The van der Waals surface area contributed by atoms with Gasteiger partial charge in [0.1, 0.15) is 22.9 Å². The molecule has 3 aromatic rings. The molecule has 5 rings (SSSR count). The van der Waals surface area contributed by atoms with Crippen molar-refractivity contribution in [1.82, 2.24) is 14.7 Å². The van der Waals surface area contributed by atoms with Crippen LogP contribution in [0.5, 0.6) is 11.5 Å². The minimum absolute atomic E-state index is 0.0820. The van der Waals surface area contributed by atoms with Crippen molar-refractivity contribution in [2.24, 2.45) is 0 Å². The molecule has 11 heteroatoms. The van der Waals surface area contributed by atoms with E-state index in [1.165, 1.54) is 13.3 Å². The van der Waals surface area contributed by atoms with Crippen molar-refractivity contribution < 1.29 is 27.4 Å². The molecule has 1 saturated heterocycles. The van der Waals surface area contributed by atoms with Gasteiger partial charge in [0.2, 0.25) is 0 Å². The standard InChI is InChI=1S/C26H28F3N5O3/c1-36-18-7-5-6-17(14-18)20-15-23(26(27,28)29)34-24(31-20)19(16-30-34)25(35)33-12-10-32(11-13-33)21-8-3-4-9-22(21)37-2/h3-9,14,16,20,23,31H,10-13,15H2,1-2H3/t20-,23+/m1/s1. The van der Waals surface area contributed by atoms with Crippen LogP contribution in [0.1, 0.15) is 34.4 Å². The number of carbonyl (C=O) groups is 1. The van der Waals surface area contributed by atoms with Crippen molar-refractivity contribution in [2.75, 3.05) is 50.6 Å². The highest BCUT2D eigenvalue weighted by atomic mass is 19.4. The summed E-state index contributed by atoms with van der Waals surface area (Å²) in [5, 5.41) is 7.16. The number of aromatic nitrogens is 2. The number of para-hydroxylation sites is 2. The van der Waals surface area contributed by atoms with Crippen LogP contribution in [0.15, 0.2) is 54.7 Å². The Hall–Kier alpha value is -3.89. The van der Waals surface area contributed by atoms with E-state index < -0.39 is 18.3 Å². The van der Waals surface area contributed by atoms with E-state index in [0.29, 0.717) is 37.5 Å². The third-order valence-electron chi connectivity index (χ3n) is 6.96. The molecule has 1 amide bonds. The summed E-state index contributed by atoms with van der Waals surface area (Å²) < 4.78 is 53.8. The number of fused-ring (bicyclic) bond motifs is 1. The topological polar surface area (TPSA) is 71.9 Å². The molecule has 196 valence electrons. The van der Waals surface area contributed by atoms with E-state index in [2.05, 4.69) is 15.3 Å². The fourth-order valence-corrected chi connectivity index (χ4v) is 5.01. The van der Waals surface area contributed by atoms with Gasteiger partial charge in [-0.15, -0.1) is 0 Å². The number of benzene rings is 2. The van der Waals surface area contributed by atoms with Crippen molar-refractivity contribution >= 4 is 17.4 Å². The number of anilines is 2. The van der Waals surface area contributed by atoms with Crippen molar-refractivity contribution in [3.05, 3.63) is 65.9 Å². The third-order valence-corrected chi connectivity index (χ3v) is 6.96. The summed E-state index contributed by atoms with van der Waals surface area (Å²) in [7, 11) is 3.12. The van der Waals surface area contributed by atoms with Gasteiger partial charge in [0.25, 0.3) is 5.91 Å². The molecular weight excluding hydrogens is 487 g/mol. The summed E-state index contributed by atoms with van der Waals surface area (Å²) in [6, 6.07) is 12.1. The summed E-state index contributed by atoms with van der Waals surface area (Å²) >= 11 is 0. The van der Waals surface area contributed by atoms with Gasteiger partial charge in [-0.25, -0.2) is 4.68 Å². The highest BCUT2D eigenvalue weighted by Gasteiger charge is 2.47. The number of hydrogen-bond donors (Lipinski definition) is 1. The van der Waals surface area contributed by atoms with Gasteiger partial charge in [0.05, 0.1) is 32.1 Å². The normalized spacial score (nSPS) is 19.7. The second-order valence-corrected chi connectivity index (χ2v) is 9.07. The Morgan fingerprint density at radius 1 is 1.03 bits per heavy atom. The molecule has 0 bridgehead atoms. The van der Waals surface area contributed by atoms with Crippen molar-refractivity contribution in [1.29, 1.82) is 0 Å². The number of rotatable bonds is 5. The Labute approximate surface area is 212 Å². The zero-order valence-corrected chi connectivity index (χ0v) is 20.5. The number of alkyl halides is 3. The Morgan fingerprint density at radius 2 is 1.78 bits per heavy atom. The molecule has 8 nitrogen and oxygen atoms in total. The first kappa shape index (κ1) is 24.8. The zero-order valence-electron chi connectivity index (χ0n) is 20.5. The maximum atomic E-state index is 14.1. The SMILES string of the molecule is COc1cccc([C@H]2C[C@@H](C(F)(F)F)n3ncc(C(=O)N4CCN(c5ccccc5OC)CC4)c3N2)c1. The number of nitrogens with one attached hydrogen (secondary N) is 1. The van der Waals surface area contributed by atoms with E-state index in [1.54, 1.807) is 36.3 Å². The van der Waals surface area contributed by atoms with Gasteiger partial charge < -0.3 is 24.6 Å².